The maximum Gasteiger partial charge on any atom is 0.319 e. The minimum Gasteiger partial charge on any atom is -0.461 e. The summed E-state index contributed by atoms with van der Waals surface area (Å²) in [6.07, 6.45) is 4.68. The molecule has 2 N–H and O–H groups in total. The number of nitrogens with one attached hydrogen (secondary N) is 2. The van der Waals surface area contributed by atoms with Crippen molar-refractivity contribution in [2.45, 2.75) is 75.8 Å². The monoisotopic (exact) mass is 646 g/mol. The van der Waals surface area contributed by atoms with Crippen molar-refractivity contribution in [1.82, 2.24) is 35.4 Å². The Balaban J connectivity index is 1.21. The maximum absolute atomic E-state index is 17.1. The number of aromatic nitrogens is 5. The second kappa shape index (κ2) is 10.8. The molecule has 6 aliphatic rings. The molecule has 246 valence electrons. The summed E-state index contributed by atoms with van der Waals surface area (Å²) in [5.74, 6) is -0.162. The number of piperidine rings is 1. The largest absolute Gasteiger partial charge is 0.461 e. The molecule has 6 bridgehead atoms. The Morgan fingerprint density at radius 2 is 2.02 bits per heavy atom. The van der Waals surface area contributed by atoms with Gasteiger partial charge in [0, 0.05) is 49.2 Å². The number of H-pyrrole nitrogens is 1. The molecule has 1 unspecified atom stereocenters. The summed E-state index contributed by atoms with van der Waals surface area (Å²) in [5.41, 5.74) is 2.78. The second-order valence-electron chi connectivity index (χ2n) is 14.3. The van der Waals surface area contributed by atoms with Crippen LogP contribution in [-0.2, 0) is 11.2 Å². The van der Waals surface area contributed by atoms with E-state index in [0.29, 0.717) is 67.0 Å². The second-order valence-corrected chi connectivity index (χ2v) is 14.3. The first-order chi connectivity index (χ1) is 22.8. The summed E-state index contributed by atoms with van der Waals surface area (Å²) in [5, 5.41) is 11.3. The molecule has 4 fully saturated rings. The number of alkyl halides is 2. The van der Waals surface area contributed by atoms with Gasteiger partial charge in [-0.05, 0) is 81.0 Å². The molecular formula is C34H37F3N8O2. The van der Waals surface area contributed by atoms with E-state index in [1.54, 1.807) is 12.4 Å². The summed E-state index contributed by atoms with van der Waals surface area (Å²) >= 11 is 0. The first-order valence-corrected chi connectivity index (χ1v) is 16.8. The third-order valence-electron chi connectivity index (χ3n) is 11.4. The molecule has 47 heavy (non-hydrogen) atoms. The smallest absolute Gasteiger partial charge is 0.319 e. The number of rotatable bonds is 3. The van der Waals surface area contributed by atoms with Crippen molar-refractivity contribution in [2.75, 3.05) is 37.7 Å². The lowest BCUT2D eigenvalue weighted by molar-refractivity contribution is -0.127. The molecule has 6 atom stereocenters. The van der Waals surface area contributed by atoms with Gasteiger partial charge in [-0.3, -0.25) is 19.8 Å². The Bertz CT molecular complexity index is 1920. The predicted molar refractivity (Wildman–Crippen MR) is 169 cm³/mol. The molecule has 1 saturated carbocycles. The van der Waals surface area contributed by atoms with Crippen LogP contribution < -0.4 is 15.0 Å². The summed E-state index contributed by atoms with van der Waals surface area (Å²) < 4.78 is 53.2. The first kappa shape index (κ1) is 29.2. The van der Waals surface area contributed by atoms with Gasteiger partial charge in [0.25, 0.3) is 5.91 Å². The van der Waals surface area contributed by atoms with E-state index in [1.165, 1.54) is 0 Å². The van der Waals surface area contributed by atoms with Crippen LogP contribution in [0.1, 0.15) is 49.7 Å². The lowest BCUT2D eigenvalue weighted by Crippen LogP contribution is -2.51. The number of fused-ring (bicyclic) bond motifs is 9. The highest BCUT2D eigenvalue weighted by molar-refractivity contribution is 5.99. The highest BCUT2D eigenvalue weighted by Crippen LogP contribution is 2.47. The van der Waals surface area contributed by atoms with Crippen molar-refractivity contribution in [3.8, 4) is 17.3 Å². The Hall–Kier alpha value is -4.00. The number of anilines is 1. The van der Waals surface area contributed by atoms with Gasteiger partial charge in [0.2, 0.25) is 0 Å². The number of hydrogen-bond donors (Lipinski definition) is 2. The van der Waals surface area contributed by atoms with Crippen molar-refractivity contribution >= 4 is 33.5 Å². The topological polar surface area (TPSA) is 112 Å². The Labute approximate surface area is 269 Å². The van der Waals surface area contributed by atoms with Gasteiger partial charge in [0.1, 0.15) is 29.8 Å². The minimum atomic E-state index is -1.65. The molecule has 1 amide bonds. The van der Waals surface area contributed by atoms with Crippen LogP contribution in [0.4, 0.5) is 19.0 Å². The van der Waals surface area contributed by atoms with Crippen molar-refractivity contribution in [1.29, 1.82) is 0 Å². The first-order valence-electron chi connectivity index (χ1n) is 16.8. The number of ether oxygens (including phenoxy) is 1. The molecule has 10 nitrogen and oxygen atoms in total. The molecule has 0 radical (unpaired) electrons. The van der Waals surface area contributed by atoms with Crippen molar-refractivity contribution in [3.63, 3.8) is 0 Å². The molecule has 5 aliphatic heterocycles. The van der Waals surface area contributed by atoms with E-state index in [2.05, 4.69) is 25.4 Å². The molecular weight excluding hydrogens is 609 g/mol. The molecule has 3 saturated heterocycles. The average molecular weight is 647 g/mol. The number of aromatic amines is 1. The molecule has 0 spiro atoms. The number of aryl methyl sites for hydroxylation is 1. The number of halogens is 3. The van der Waals surface area contributed by atoms with Gasteiger partial charge in [-0.25, -0.2) is 13.2 Å². The van der Waals surface area contributed by atoms with Gasteiger partial charge >= 0.3 is 6.01 Å². The zero-order valence-corrected chi connectivity index (χ0v) is 26.2. The highest BCUT2D eigenvalue weighted by Gasteiger charge is 2.51. The van der Waals surface area contributed by atoms with Crippen molar-refractivity contribution in [2.24, 2.45) is 11.8 Å². The van der Waals surface area contributed by atoms with E-state index < -0.39 is 29.6 Å². The zero-order chi connectivity index (χ0) is 32.0. The maximum atomic E-state index is 17.1. The van der Waals surface area contributed by atoms with Crippen LogP contribution >= 0.6 is 0 Å². The number of carbonyl (C=O) groups is 1. The van der Waals surface area contributed by atoms with E-state index in [4.69, 9.17) is 14.7 Å². The normalized spacial score (nSPS) is 30.5. The summed E-state index contributed by atoms with van der Waals surface area (Å²) in [6, 6.07) is 1.71. The van der Waals surface area contributed by atoms with E-state index in [1.807, 2.05) is 17.9 Å². The fourth-order valence-electron chi connectivity index (χ4n) is 8.90. The zero-order valence-electron chi connectivity index (χ0n) is 26.2. The number of hydrogen-bond acceptors (Lipinski definition) is 8. The van der Waals surface area contributed by atoms with Gasteiger partial charge in [0.05, 0.1) is 22.6 Å². The third-order valence-corrected chi connectivity index (χ3v) is 11.4. The SMILES string of the molecule is Cc1cc2[nH]ncc2c2c1CCCC(F)C(=O)N[C@@H]1CN(C[C@H]3C[C@H]31)c1nc(OC[C@@]34CCCN3C[C@H](F)C4)nc3c(F)c-2ncc13. The summed E-state index contributed by atoms with van der Waals surface area (Å²) in [6.45, 7) is 4.40. The summed E-state index contributed by atoms with van der Waals surface area (Å²) in [7, 11) is 0. The van der Waals surface area contributed by atoms with Crippen LogP contribution in [0.2, 0.25) is 0 Å². The van der Waals surface area contributed by atoms with Crippen LogP contribution in [-0.4, -0.2) is 92.7 Å². The van der Waals surface area contributed by atoms with Gasteiger partial charge in [0.15, 0.2) is 12.0 Å². The van der Waals surface area contributed by atoms with Gasteiger partial charge in [-0.1, -0.05) is 0 Å². The molecule has 4 aromatic rings. The highest BCUT2D eigenvalue weighted by atomic mass is 19.1. The number of carbonyl (C=O) groups excluding carboxylic acids is 1. The molecule has 1 aliphatic carbocycles. The molecule has 1 aromatic carbocycles. The van der Waals surface area contributed by atoms with E-state index in [9.17, 15) is 9.18 Å². The molecule has 13 heteroatoms. The van der Waals surface area contributed by atoms with Gasteiger partial charge in [-0.2, -0.15) is 15.1 Å². The van der Waals surface area contributed by atoms with Gasteiger partial charge in [-0.15, -0.1) is 0 Å². The Morgan fingerprint density at radius 1 is 1.13 bits per heavy atom. The lowest BCUT2D eigenvalue weighted by Gasteiger charge is -2.35. The van der Waals surface area contributed by atoms with E-state index >= 15 is 8.78 Å². The van der Waals surface area contributed by atoms with Crippen LogP contribution in [0.5, 0.6) is 6.01 Å². The molecule has 10 rings (SSSR count). The summed E-state index contributed by atoms with van der Waals surface area (Å²) in [4.78, 5) is 31.5. The number of benzene rings is 1. The Morgan fingerprint density at radius 3 is 2.91 bits per heavy atom. The third kappa shape index (κ3) is 4.75. The quantitative estimate of drug-likeness (QED) is 0.333. The lowest BCUT2D eigenvalue weighted by atomic mass is 9.91. The fraction of sp³-hybridized carbons (Fsp3) is 0.559. The van der Waals surface area contributed by atoms with Crippen molar-refractivity contribution in [3.05, 3.63) is 35.4 Å². The van der Waals surface area contributed by atoms with Crippen LogP contribution in [0.25, 0.3) is 33.1 Å². The van der Waals surface area contributed by atoms with Crippen LogP contribution in [0.3, 0.4) is 0 Å². The van der Waals surface area contributed by atoms with Gasteiger partial charge < -0.3 is 15.0 Å². The van der Waals surface area contributed by atoms with Crippen LogP contribution in [0.15, 0.2) is 18.5 Å². The van der Waals surface area contributed by atoms with E-state index in [-0.39, 0.29) is 42.2 Å². The molecule has 3 aromatic heterocycles. The number of pyridine rings is 1. The minimum absolute atomic E-state index is 0.0217. The van der Waals surface area contributed by atoms with E-state index in [0.717, 1.165) is 42.5 Å². The Kier molecular flexibility index (Phi) is 6.68. The fourth-order valence-corrected chi connectivity index (χ4v) is 8.90. The van der Waals surface area contributed by atoms with Crippen molar-refractivity contribution < 1.29 is 22.7 Å². The molecule has 8 heterocycles. The number of amides is 1. The number of nitrogens with zero attached hydrogens (tertiary/aromatic N) is 6. The van der Waals surface area contributed by atoms with Crippen LogP contribution in [0, 0.1) is 24.6 Å². The average Bonchev–Trinajstić information content (AvgIpc) is 3.34. The standard InChI is InChI=1S/C34H37F3N8O2/c1-17-8-25-22(12-39-43-25)27-20(17)4-2-5-24(36)32(46)40-26-15-44(13-18-9-21(18)26)31-23-11-38-30(27)28(37)29(23)41-33(42-31)47-16-34-6-3-7-45(34)14-19(35)10-34/h8,11-12,18-19,21,24,26H,2-7,9-10,13-16H2,1H3,(H,39,43)(H,40,46)/t18-,19-,21-,24?,26-,34+/m1/s1. The predicted octanol–water partition coefficient (Wildman–Crippen LogP) is 4.59.